The lowest BCUT2D eigenvalue weighted by Crippen LogP contribution is -2.23. The molecule has 1 amide bonds. The van der Waals surface area contributed by atoms with Crippen molar-refractivity contribution in [2.75, 3.05) is 18.5 Å². The number of hydrogen-bond donors (Lipinski definition) is 1. The first-order valence-corrected chi connectivity index (χ1v) is 8.64. The zero-order valence-corrected chi connectivity index (χ0v) is 14.6. The first kappa shape index (κ1) is 18.1. The molecule has 1 aromatic heterocycles. The fraction of sp³-hybridized carbons (Fsp3) is 0.263. The third kappa shape index (κ3) is 3.60. The van der Waals surface area contributed by atoms with Gasteiger partial charge in [0.2, 0.25) is 11.7 Å². The second-order valence-electron chi connectivity index (χ2n) is 6.27. The third-order valence-electron chi connectivity index (χ3n) is 4.23. The van der Waals surface area contributed by atoms with Gasteiger partial charge in [-0.1, -0.05) is 18.2 Å². The van der Waals surface area contributed by atoms with Crippen LogP contribution in [0.2, 0.25) is 0 Å². The van der Waals surface area contributed by atoms with Crippen molar-refractivity contribution in [2.24, 2.45) is 0 Å². The Morgan fingerprint density at radius 1 is 1.11 bits per heavy atom. The lowest BCUT2D eigenvalue weighted by atomic mass is 10.2. The molecule has 0 atom stereocenters. The van der Waals surface area contributed by atoms with Crippen molar-refractivity contribution in [2.45, 2.75) is 19.1 Å². The number of rotatable bonds is 3. The van der Waals surface area contributed by atoms with Crippen LogP contribution in [0, 0.1) is 0 Å². The molecule has 0 fully saturated rings. The quantitative estimate of drug-likeness (QED) is 0.737. The van der Waals surface area contributed by atoms with Gasteiger partial charge in [-0.25, -0.2) is 4.98 Å². The third-order valence-corrected chi connectivity index (χ3v) is 4.23. The number of alkyl halides is 3. The van der Waals surface area contributed by atoms with E-state index >= 15 is 0 Å². The highest BCUT2D eigenvalue weighted by molar-refractivity contribution is 5.92. The molecule has 0 spiro atoms. The molecule has 0 bridgehead atoms. The molecule has 1 aliphatic rings. The molecule has 4 rings (SSSR count). The van der Waals surface area contributed by atoms with E-state index in [1.807, 2.05) is 0 Å². The van der Waals surface area contributed by atoms with Gasteiger partial charge in [0, 0.05) is 24.2 Å². The Bertz CT molecular complexity index is 1020. The molecule has 3 aromatic rings. The number of carbonyl (C=O) groups is 1. The zero-order valence-electron chi connectivity index (χ0n) is 14.6. The number of amides is 1. The average molecular weight is 391 g/mol. The molecule has 1 aliphatic heterocycles. The number of nitrogens with one attached hydrogen (secondary N) is 1. The monoisotopic (exact) mass is 391 g/mol. The number of anilines is 1. The first-order valence-electron chi connectivity index (χ1n) is 8.64. The molecule has 2 aromatic carbocycles. The topological polar surface area (TPSA) is 65.4 Å². The standard InChI is InChI=1S/C19H16F3N3O3/c20-19(21,22)18-24-13-9-15-16(28-8-4-7-27-15)10-14(13)25(18)11-17(26)23-12-5-2-1-3-6-12/h1-3,5-6,9-10H,4,7-8,11H2,(H,23,26). The van der Waals surface area contributed by atoms with Gasteiger partial charge in [0.25, 0.3) is 0 Å². The average Bonchev–Trinajstić information content (AvgIpc) is 2.84. The summed E-state index contributed by atoms with van der Waals surface area (Å²) in [5.74, 6) is -1.06. The highest BCUT2D eigenvalue weighted by atomic mass is 19.4. The summed E-state index contributed by atoms with van der Waals surface area (Å²) in [6, 6.07) is 11.4. The highest BCUT2D eigenvalue weighted by Crippen LogP contribution is 2.37. The summed E-state index contributed by atoms with van der Waals surface area (Å²) in [5.41, 5.74) is 0.736. The van der Waals surface area contributed by atoms with Crippen molar-refractivity contribution >= 4 is 22.6 Å². The predicted octanol–water partition coefficient (Wildman–Crippen LogP) is 3.86. The normalized spacial score (nSPS) is 14.0. The van der Waals surface area contributed by atoms with Crippen LogP contribution >= 0.6 is 0 Å². The van der Waals surface area contributed by atoms with E-state index in [1.165, 1.54) is 12.1 Å². The Balaban J connectivity index is 1.74. The number of hydrogen-bond acceptors (Lipinski definition) is 4. The Morgan fingerprint density at radius 2 is 1.79 bits per heavy atom. The lowest BCUT2D eigenvalue weighted by Gasteiger charge is -2.12. The highest BCUT2D eigenvalue weighted by Gasteiger charge is 2.38. The maximum absolute atomic E-state index is 13.5. The largest absolute Gasteiger partial charge is 0.489 e. The molecule has 1 N–H and O–H groups in total. The number of para-hydroxylation sites is 1. The van der Waals surface area contributed by atoms with Gasteiger partial charge in [-0.05, 0) is 12.1 Å². The number of halogens is 3. The van der Waals surface area contributed by atoms with Crippen LogP contribution in [0.25, 0.3) is 11.0 Å². The second-order valence-corrected chi connectivity index (χ2v) is 6.27. The smallest absolute Gasteiger partial charge is 0.449 e. The van der Waals surface area contributed by atoms with Crippen molar-refractivity contribution in [3.05, 3.63) is 48.3 Å². The number of aromatic nitrogens is 2. The molecular formula is C19H16F3N3O3. The maximum Gasteiger partial charge on any atom is 0.449 e. The van der Waals surface area contributed by atoms with Crippen LogP contribution in [0.1, 0.15) is 12.2 Å². The van der Waals surface area contributed by atoms with E-state index in [0.717, 1.165) is 4.57 Å². The first-order chi connectivity index (χ1) is 13.4. The van der Waals surface area contributed by atoms with Crippen molar-refractivity contribution in [1.29, 1.82) is 0 Å². The lowest BCUT2D eigenvalue weighted by molar-refractivity contribution is -0.147. The summed E-state index contributed by atoms with van der Waals surface area (Å²) in [6.07, 6.45) is -4.05. The fourth-order valence-corrected chi connectivity index (χ4v) is 3.02. The van der Waals surface area contributed by atoms with Crippen LogP contribution < -0.4 is 14.8 Å². The molecule has 0 saturated carbocycles. The molecule has 9 heteroatoms. The summed E-state index contributed by atoms with van der Waals surface area (Å²) >= 11 is 0. The van der Waals surface area contributed by atoms with Gasteiger partial charge in [0.15, 0.2) is 11.5 Å². The Hall–Kier alpha value is -3.23. The van der Waals surface area contributed by atoms with Gasteiger partial charge in [0.1, 0.15) is 6.54 Å². The summed E-state index contributed by atoms with van der Waals surface area (Å²) < 4.78 is 52.5. The number of ether oxygens (including phenoxy) is 2. The second kappa shape index (κ2) is 7.06. The minimum atomic E-state index is -4.72. The summed E-state index contributed by atoms with van der Waals surface area (Å²) in [6.45, 7) is 0.262. The van der Waals surface area contributed by atoms with E-state index in [1.54, 1.807) is 30.3 Å². The van der Waals surface area contributed by atoms with E-state index in [4.69, 9.17) is 9.47 Å². The van der Waals surface area contributed by atoms with Gasteiger partial charge < -0.3 is 19.4 Å². The van der Waals surface area contributed by atoms with E-state index in [0.29, 0.717) is 36.8 Å². The number of nitrogens with zero attached hydrogens (tertiary/aromatic N) is 2. The van der Waals surface area contributed by atoms with Crippen molar-refractivity contribution in [3.63, 3.8) is 0 Å². The minimum Gasteiger partial charge on any atom is -0.489 e. The van der Waals surface area contributed by atoms with Crippen LogP contribution in [0.4, 0.5) is 18.9 Å². The molecule has 0 saturated heterocycles. The van der Waals surface area contributed by atoms with E-state index in [-0.39, 0.29) is 11.0 Å². The van der Waals surface area contributed by atoms with Crippen molar-refractivity contribution in [3.8, 4) is 11.5 Å². The molecule has 146 valence electrons. The Morgan fingerprint density at radius 3 is 2.46 bits per heavy atom. The molecule has 0 aliphatic carbocycles. The van der Waals surface area contributed by atoms with Gasteiger partial charge in [-0.15, -0.1) is 0 Å². The fourth-order valence-electron chi connectivity index (χ4n) is 3.02. The summed E-state index contributed by atoms with van der Waals surface area (Å²) in [4.78, 5) is 16.1. The Kier molecular flexibility index (Phi) is 4.58. The van der Waals surface area contributed by atoms with Crippen LogP contribution in [0.15, 0.2) is 42.5 Å². The van der Waals surface area contributed by atoms with Crippen LogP contribution in [0.3, 0.4) is 0 Å². The number of carbonyl (C=O) groups excluding carboxylic acids is 1. The zero-order chi connectivity index (χ0) is 19.7. The minimum absolute atomic E-state index is 0.0871. The van der Waals surface area contributed by atoms with Crippen LogP contribution in [-0.4, -0.2) is 28.7 Å². The van der Waals surface area contributed by atoms with E-state index in [2.05, 4.69) is 10.3 Å². The Labute approximate surface area is 157 Å². The van der Waals surface area contributed by atoms with Gasteiger partial charge >= 0.3 is 6.18 Å². The number of imidazole rings is 1. The summed E-state index contributed by atoms with van der Waals surface area (Å²) in [5, 5.41) is 2.59. The van der Waals surface area contributed by atoms with Crippen molar-refractivity contribution < 1.29 is 27.4 Å². The molecular weight excluding hydrogens is 375 g/mol. The molecule has 28 heavy (non-hydrogen) atoms. The van der Waals surface area contributed by atoms with Gasteiger partial charge in [-0.3, -0.25) is 4.79 Å². The van der Waals surface area contributed by atoms with E-state index < -0.39 is 24.5 Å². The SMILES string of the molecule is O=C(Cn1c(C(F)(F)F)nc2cc3c(cc21)OCCCO3)Nc1ccccc1. The number of fused-ring (bicyclic) bond motifs is 2. The molecule has 0 unspecified atom stereocenters. The molecule has 6 nitrogen and oxygen atoms in total. The molecule has 2 heterocycles. The van der Waals surface area contributed by atoms with Crippen LogP contribution in [-0.2, 0) is 17.5 Å². The molecule has 0 radical (unpaired) electrons. The number of benzene rings is 2. The summed E-state index contributed by atoms with van der Waals surface area (Å²) in [7, 11) is 0. The van der Waals surface area contributed by atoms with Gasteiger partial charge in [-0.2, -0.15) is 13.2 Å². The van der Waals surface area contributed by atoms with Gasteiger partial charge in [0.05, 0.1) is 24.2 Å². The van der Waals surface area contributed by atoms with Crippen LogP contribution in [0.5, 0.6) is 11.5 Å². The van der Waals surface area contributed by atoms with E-state index in [9.17, 15) is 18.0 Å². The van der Waals surface area contributed by atoms with Crippen molar-refractivity contribution in [1.82, 2.24) is 9.55 Å². The maximum atomic E-state index is 13.5. The predicted molar refractivity (Wildman–Crippen MR) is 95.4 cm³/mol.